The highest BCUT2D eigenvalue weighted by Gasteiger charge is 2.08. The molecule has 1 heterocycles. The van der Waals surface area contributed by atoms with Gasteiger partial charge in [-0.2, -0.15) is 0 Å². The predicted molar refractivity (Wildman–Crippen MR) is 59.3 cm³/mol. The van der Waals surface area contributed by atoms with Gasteiger partial charge in [0.15, 0.2) is 5.76 Å². The molecule has 15 heavy (non-hydrogen) atoms. The molecule has 3 heteroatoms. The lowest BCUT2D eigenvalue weighted by Crippen LogP contribution is -1.94. The monoisotopic (exact) mass is 202 g/mol. The fourth-order valence-corrected chi connectivity index (χ4v) is 1.55. The third kappa shape index (κ3) is 1.78. The number of nitrogens with two attached hydrogens (primary N) is 1. The minimum atomic E-state index is 0.338. The van der Waals surface area contributed by atoms with Crippen molar-refractivity contribution in [2.24, 2.45) is 5.73 Å². The number of benzene rings is 1. The van der Waals surface area contributed by atoms with E-state index in [-0.39, 0.29) is 0 Å². The van der Waals surface area contributed by atoms with Crippen LogP contribution in [0.25, 0.3) is 11.3 Å². The number of aryl methyl sites for hydroxylation is 1. The molecule has 1 aromatic heterocycles. The van der Waals surface area contributed by atoms with Crippen LogP contribution in [0, 0.1) is 13.8 Å². The Hall–Kier alpha value is -1.61. The van der Waals surface area contributed by atoms with Crippen molar-refractivity contribution in [3.8, 4) is 11.3 Å². The highest BCUT2D eigenvalue weighted by molar-refractivity contribution is 5.62. The summed E-state index contributed by atoms with van der Waals surface area (Å²) in [7, 11) is 0. The predicted octanol–water partition coefficient (Wildman–Crippen LogP) is 2.42. The second-order valence-corrected chi connectivity index (χ2v) is 3.57. The molecule has 0 fully saturated rings. The molecule has 2 rings (SSSR count). The standard InChI is InChI=1S/C12H14N2O/c1-8-4-3-5-10(9(8)2)11-7-14-12(6-13)15-11/h3-5,7H,6,13H2,1-2H3. The largest absolute Gasteiger partial charge is 0.439 e. The summed E-state index contributed by atoms with van der Waals surface area (Å²) in [5, 5.41) is 0. The normalized spacial score (nSPS) is 10.6. The molecule has 0 bridgehead atoms. The Morgan fingerprint density at radius 3 is 2.80 bits per heavy atom. The molecule has 0 aliphatic heterocycles. The van der Waals surface area contributed by atoms with E-state index in [1.807, 2.05) is 12.1 Å². The molecule has 0 saturated carbocycles. The van der Waals surface area contributed by atoms with Gasteiger partial charge in [-0.15, -0.1) is 0 Å². The maximum atomic E-state index is 5.52. The van der Waals surface area contributed by atoms with E-state index in [4.69, 9.17) is 10.2 Å². The lowest BCUT2D eigenvalue weighted by Gasteiger charge is -2.04. The van der Waals surface area contributed by atoms with Crippen molar-refractivity contribution in [1.82, 2.24) is 4.98 Å². The van der Waals surface area contributed by atoms with E-state index >= 15 is 0 Å². The van der Waals surface area contributed by atoms with Crippen LogP contribution in [-0.4, -0.2) is 4.98 Å². The molecule has 1 aromatic carbocycles. The van der Waals surface area contributed by atoms with E-state index in [9.17, 15) is 0 Å². The number of rotatable bonds is 2. The van der Waals surface area contributed by atoms with Gasteiger partial charge in [0.05, 0.1) is 12.7 Å². The summed E-state index contributed by atoms with van der Waals surface area (Å²) >= 11 is 0. The first-order valence-corrected chi connectivity index (χ1v) is 4.93. The maximum absolute atomic E-state index is 5.52. The van der Waals surface area contributed by atoms with Crippen LogP contribution < -0.4 is 5.73 Å². The highest BCUT2D eigenvalue weighted by Crippen LogP contribution is 2.25. The van der Waals surface area contributed by atoms with Crippen LogP contribution >= 0.6 is 0 Å². The van der Waals surface area contributed by atoms with E-state index < -0.39 is 0 Å². The fraction of sp³-hybridized carbons (Fsp3) is 0.250. The first-order valence-electron chi connectivity index (χ1n) is 4.93. The molecule has 3 nitrogen and oxygen atoms in total. The molecule has 78 valence electrons. The average Bonchev–Trinajstić information content (AvgIpc) is 2.70. The van der Waals surface area contributed by atoms with Crippen LogP contribution in [0.3, 0.4) is 0 Å². The van der Waals surface area contributed by atoms with Crippen molar-refractivity contribution in [2.75, 3.05) is 0 Å². The molecule has 0 amide bonds. The van der Waals surface area contributed by atoms with Gasteiger partial charge in [0.2, 0.25) is 5.89 Å². The SMILES string of the molecule is Cc1cccc(-c2cnc(CN)o2)c1C. The van der Waals surface area contributed by atoms with Crippen LogP contribution in [-0.2, 0) is 6.54 Å². The van der Waals surface area contributed by atoms with Crippen LogP contribution in [0.1, 0.15) is 17.0 Å². The molecule has 2 aromatic rings. The lowest BCUT2D eigenvalue weighted by molar-refractivity contribution is 0.509. The van der Waals surface area contributed by atoms with Crippen LogP contribution in [0.5, 0.6) is 0 Å². The zero-order valence-corrected chi connectivity index (χ0v) is 8.95. The third-order valence-corrected chi connectivity index (χ3v) is 2.60. The Kier molecular flexibility index (Phi) is 2.56. The average molecular weight is 202 g/mol. The van der Waals surface area contributed by atoms with Gasteiger partial charge < -0.3 is 10.2 Å². The van der Waals surface area contributed by atoms with Gasteiger partial charge in [0.25, 0.3) is 0 Å². The number of aromatic nitrogens is 1. The number of nitrogens with zero attached hydrogens (tertiary/aromatic N) is 1. The summed E-state index contributed by atoms with van der Waals surface area (Å²) in [4.78, 5) is 4.09. The summed E-state index contributed by atoms with van der Waals surface area (Å²) in [6.45, 7) is 4.50. The minimum Gasteiger partial charge on any atom is -0.439 e. The summed E-state index contributed by atoms with van der Waals surface area (Å²) in [6, 6.07) is 6.13. The summed E-state index contributed by atoms with van der Waals surface area (Å²) in [6.07, 6.45) is 1.73. The Balaban J connectivity index is 2.49. The zero-order valence-electron chi connectivity index (χ0n) is 8.95. The molecule has 0 saturated heterocycles. The Morgan fingerprint density at radius 2 is 2.13 bits per heavy atom. The van der Waals surface area contributed by atoms with Gasteiger partial charge in [0.1, 0.15) is 0 Å². The number of hydrogen-bond acceptors (Lipinski definition) is 3. The maximum Gasteiger partial charge on any atom is 0.208 e. The van der Waals surface area contributed by atoms with Crippen LogP contribution in [0.4, 0.5) is 0 Å². The number of oxazole rings is 1. The van der Waals surface area contributed by atoms with E-state index in [1.165, 1.54) is 11.1 Å². The molecule has 0 aliphatic rings. The third-order valence-electron chi connectivity index (χ3n) is 2.60. The first kappa shape index (κ1) is 9.93. The van der Waals surface area contributed by atoms with Gasteiger partial charge in [0, 0.05) is 5.56 Å². The zero-order chi connectivity index (χ0) is 10.8. The smallest absolute Gasteiger partial charge is 0.208 e. The topological polar surface area (TPSA) is 52.0 Å². The Labute approximate surface area is 88.9 Å². The van der Waals surface area contributed by atoms with Crippen LogP contribution in [0.2, 0.25) is 0 Å². The molecular weight excluding hydrogens is 188 g/mol. The lowest BCUT2D eigenvalue weighted by atomic mass is 10.0. The molecule has 0 aliphatic carbocycles. The van der Waals surface area contributed by atoms with Gasteiger partial charge >= 0.3 is 0 Å². The minimum absolute atomic E-state index is 0.338. The molecule has 2 N–H and O–H groups in total. The summed E-state index contributed by atoms with van der Waals surface area (Å²) in [5.41, 5.74) is 9.01. The Bertz CT molecular complexity index is 474. The van der Waals surface area contributed by atoms with Crippen molar-refractivity contribution in [3.63, 3.8) is 0 Å². The van der Waals surface area contributed by atoms with E-state index in [2.05, 4.69) is 24.9 Å². The van der Waals surface area contributed by atoms with E-state index in [0.717, 1.165) is 11.3 Å². The second-order valence-electron chi connectivity index (χ2n) is 3.57. The van der Waals surface area contributed by atoms with Gasteiger partial charge in [-0.3, -0.25) is 0 Å². The Morgan fingerprint density at radius 1 is 1.33 bits per heavy atom. The summed E-state index contributed by atoms with van der Waals surface area (Å²) < 4.78 is 5.52. The molecular formula is C12H14N2O. The van der Waals surface area contributed by atoms with Crippen molar-refractivity contribution >= 4 is 0 Å². The molecule has 0 spiro atoms. The fourth-order valence-electron chi connectivity index (χ4n) is 1.55. The first-order chi connectivity index (χ1) is 7.22. The number of hydrogen-bond donors (Lipinski definition) is 1. The van der Waals surface area contributed by atoms with E-state index in [0.29, 0.717) is 12.4 Å². The highest BCUT2D eigenvalue weighted by atomic mass is 16.4. The van der Waals surface area contributed by atoms with Gasteiger partial charge in [-0.1, -0.05) is 18.2 Å². The van der Waals surface area contributed by atoms with Gasteiger partial charge in [-0.25, -0.2) is 4.98 Å². The quantitative estimate of drug-likeness (QED) is 0.813. The molecule has 0 atom stereocenters. The van der Waals surface area contributed by atoms with Crippen molar-refractivity contribution < 1.29 is 4.42 Å². The van der Waals surface area contributed by atoms with Gasteiger partial charge in [-0.05, 0) is 25.0 Å². The molecule has 0 unspecified atom stereocenters. The van der Waals surface area contributed by atoms with Crippen molar-refractivity contribution in [2.45, 2.75) is 20.4 Å². The van der Waals surface area contributed by atoms with Crippen molar-refractivity contribution in [3.05, 3.63) is 41.4 Å². The molecule has 0 radical (unpaired) electrons. The van der Waals surface area contributed by atoms with Crippen LogP contribution in [0.15, 0.2) is 28.8 Å². The summed E-state index contributed by atoms with van der Waals surface area (Å²) in [5.74, 6) is 1.36. The van der Waals surface area contributed by atoms with E-state index in [1.54, 1.807) is 6.20 Å². The van der Waals surface area contributed by atoms with Crippen molar-refractivity contribution in [1.29, 1.82) is 0 Å². The second kappa shape index (κ2) is 3.87.